The molecule has 0 saturated carbocycles. The number of aromatic amines is 1. The van der Waals surface area contributed by atoms with Crippen molar-refractivity contribution in [1.29, 1.82) is 0 Å². The summed E-state index contributed by atoms with van der Waals surface area (Å²) >= 11 is 0. The van der Waals surface area contributed by atoms with Gasteiger partial charge in [-0.25, -0.2) is 9.78 Å². The van der Waals surface area contributed by atoms with Gasteiger partial charge in [-0.1, -0.05) is 13.8 Å². The van der Waals surface area contributed by atoms with E-state index < -0.39 is 22.5 Å². The number of aromatic nitrogens is 2. The van der Waals surface area contributed by atoms with Crippen LogP contribution in [0.25, 0.3) is 10.9 Å². The number of carbonyl (C=O) groups is 1. The molecule has 2 aromatic rings. The second-order valence-corrected chi connectivity index (χ2v) is 5.08. The van der Waals surface area contributed by atoms with Gasteiger partial charge in [-0.3, -0.25) is 19.9 Å². The van der Waals surface area contributed by atoms with Gasteiger partial charge in [-0.2, -0.15) is 0 Å². The Morgan fingerprint density at radius 3 is 2.68 bits per heavy atom. The van der Waals surface area contributed by atoms with Crippen molar-refractivity contribution in [3.05, 3.63) is 38.7 Å². The van der Waals surface area contributed by atoms with Crippen molar-refractivity contribution < 1.29 is 14.8 Å². The number of fused-ring (bicyclic) bond motifs is 1. The highest BCUT2D eigenvalue weighted by Crippen LogP contribution is 2.18. The Morgan fingerprint density at radius 1 is 1.45 bits per heavy atom. The number of non-ortho nitro benzene ring substituents is 1. The molecule has 0 unspecified atom stereocenters. The van der Waals surface area contributed by atoms with Gasteiger partial charge in [0.05, 0.1) is 15.8 Å². The summed E-state index contributed by atoms with van der Waals surface area (Å²) in [5, 5.41) is 22.6. The third kappa shape index (κ3) is 3.03. The molecule has 1 aromatic heterocycles. The molecule has 22 heavy (non-hydrogen) atoms. The average molecular weight is 306 g/mol. The highest BCUT2D eigenvalue weighted by atomic mass is 16.6. The lowest BCUT2D eigenvalue weighted by atomic mass is 10.1. The van der Waals surface area contributed by atoms with Gasteiger partial charge in [-0.15, -0.1) is 0 Å². The first-order valence-corrected chi connectivity index (χ1v) is 6.47. The van der Waals surface area contributed by atoms with Crippen LogP contribution in [0.1, 0.15) is 13.8 Å². The van der Waals surface area contributed by atoms with Crippen LogP contribution in [0.5, 0.6) is 0 Å². The molecule has 0 aliphatic heterocycles. The van der Waals surface area contributed by atoms with Crippen molar-refractivity contribution in [1.82, 2.24) is 9.97 Å². The highest BCUT2D eigenvalue weighted by Gasteiger charge is 2.22. The molecule has 0 spiro atoms. The number of nitrogens with one attached hydrogen (secondary N) is 2. The quantitative estimate of drug-likeness (QED) is 0.559. The van der Waals surface area contributed by atoms with Gasteiger partial charge in [0.1, 0.15) is 6.04 Å². The molecule has 0 aliphatic rings. The molecule has 3 N–H and O–H groups in total. The second-order valence-electron chi connectivity index (χ2n) is 5.08. The largest absolute Gasteiger partial charge is 0.480 e. The predicted octanol–water partition coefficient (Wildman–Crippen LogP) is 1.35. The second kappa shape index (κ2) is 5.80. The first-order chi connectivity index (χ1) is 10.3. The molecule has 1 aromatic carbocycles. The van der Waals surface area contributed by atoms with Crippen LogP contribution in [0.2, 0.25) is 0 Å². The minimum atomic E-state index is -1.07. The number of H-pyrrole nitrogens is 1. The number of anilines is 1. The number of hydrogen-bond acceptors (Lipinski definition) is 6. The van der Waals surface area contributed by atoms with Crippen LogP contribution < -0.4 is 10.9 Å². The molecule has 0 bridgehead atoms. The Balaban J connectivity index is 2.46. The minimum Gasteiger partial charge on any atom is -0.480 e. The molecule has 1 heterocycles. The van der Waals surface area contributed by atoms with Crippen molar-refractivity contribution in [2.75, 3.05) is 5.32 Å². The monoisotopic (exact) mass is 306 g/mol. The van der Waals surface area contributed by atoms with Gasteiger partial charge < -0.3 is 10.4 Å². The zero-order valence-corrected chi connectivity index (χ0v) is 11.9. The molecule has 0 amide bonds. The summed E-state index contributed by atoms with van der Waals surface area (Å²) < 4.78 is 0. The SMILES string of the molecule is CC(C)[C@@H](Nc1nc2ccc([N+](=O)[O-])cc2c(=O)[nH]1)C(=O)O. The molecule has 0 fully saturated rings. The van der Waals surface area contributed by atoms with Crippen LogP contribution in [0.15, 0.2) is 23.0 Å². The Hall–Kier alpha value is -2.97. The molecule has 1 atom stereocenters. The molecule has 0 radical (unpaired) electrons. The third-order valence-electron chi connectivity index (χ3n) is 3.12. The molecular weight excluding hydrogens is 292 g/mol. The predicted molar refractivity (Wildman–Crippen MR) is 78.9 cm³/mol. The number of nitro benzene ring substituents is 1. The van der Waals surface area contributed by atoms with Crippen LogP contribution in [0.3, 0.4) is 0 Å². The van der Waals surface area contributed by atoms with E-state index in [9.17, 15) is 19.7 Å². The van der Waals surface area contributed by atoms with Crippen LogP contribution in [0.4, 0.5) is 11.6 Å². The van der Waals surface area contributed by atoms with Crippen molar-refractivity contribution in [3.63, 3.8) is 0 Å². The van der Waals surface area contributed by atoms with E-state index >= 15 is 0 Å². The topological polar surface area (TPSA) is 138 Å². The van der Waals surface area contributed by atoms with Crippen molar-refractivity contribution >= 4 is 28.5 Å². The van der Waals surface area contributed by atoms with Crippen molar-refractivity contribution in [3.8, 4) is 0 Å². The van der Waals surface area contributed by atoms with Gasteiger partial charge in [0.2, 0.25) is 5.95 Å². The summed E-state index contributed by atoms with van der Waals surface area (Å²) in [6.45, 7) is 3.43. The van der Waals surface area contributed by atoms with Gasteiger partial charge in [0.15, 0.2) is 0 Å². The van der Waals surface area contributed by atoms with Crippen LogP contribution in [-0.2, 0) is 4.79 Å². The van der Waals surface area contributed by atoms with E-state index in [1.807, 2.05) is 0 Å². The summed E-state index contributed by atoms with van der Waals surface area (Å²) in [5.41, 5.74) is -0.556. The number of nitrogens with zero attached hydrogens (tertiary/aromatic N) is 2. The summed E-state index contributed by atoms with van der Waals surface area (Å²) in [6.07, 6.45) is 0. The fourth-order valence-electron chi connectivity index (χ4n) is 1.97. The third-order valence-corrected chi connectivity index (χ3v) is 3.12. The van der Waals surface area contributed by atoms with Crippen LogP contribution in [0, 0.1) is 16.0 Å². The number of rotatable bonds is 5. The van der Waals surface area contributed by atoms with E-state index in [-0.39, 0.29) is 28.5 Å². The van der Waals surface area contributed by atoms with Gasteiger partial charge in [0, 0.05) is 12.1 Å². The molecule has 9 heteroatoms. The van der Waals surface area contributed by atoms with E-state index in [2.05, 4.69) is 15.3 Å². The van der Waals surface area contributed by atoms with Crippen molar-refractivity contribution in [2.24, 2.45) is 5.92 Å². The number of benzene rings is 1. The summed E-state index contributed by atoms with van der Waals surface area (Å²) in [7, 11) is 0. The molecule has 0 aliphatic carbocycles. The fraction of sp³-hybridized carbons (Fsp3) is 0.308. The maximum atomic E-state index is 12.0. The van der Waals surface area contributed by atoms with Gasteiger partial charge in [0.25, 0.3) is 11.2 Å². The standard InChI is InChI=1S/C13H14N4O5/c1-6(2)10(12(19)20)15-13-14-9-4-3-7(17(21)22)5-8(9)11(18)16-13/h3-6,10H,1-2H3,(H,19,20)(H2,14,15,16,18)/t10-/m1/s1. The molecule has 2 rings (SSSR count). The maximum Gasteiger partial charge on any atom is 0.326 e. The fourth-order valence-corrected chi connectivity index (χ4v) is 1.97. The molecule has 0 saturated heterocycles. The summed E-state index contributed by atoms with van der Waals surface area (Å²) in [5.74, 6) is -1.29. The average Bonchev–Trinajstić information content (AvgIpc) is 2.43. The van der Waals surface area contributed by atoms with E-state index in [1.54, 1.807) is 13.8 Å². The van der Waals surface area contributed by atoms with E-state index in [4.69, 9.17) is 5.11 Å². The lowest BCUT2D eigenvalue weighted by molar-refractivity contribution is -0.384. The smallest absolute Gasteiger partial charge is 0.326 e. The zero-order valence-electron chi connectivity index (χ0n) is 11.9. The highest BCUT2D eigenvalue weighted by molar-refractivity contribution is 5.82. The van der Waals surface area contributed by atoms with E-state index in [0.29, 0.717) is 0 Å². The molecule has 9 nitrogen and oxygen atoms in total. The number of hydrogen-bond donors (Lipinski definition) is 3. The molecule has 116 valence electrons. The van der Waals surface area contributed by atoms with Gasteiger partial charge >= 0.3 is 5.97 Å². The van der Waals surface area contributed by atoms with Gasteiger partial charge in [-0.05, 0) is 12.0 Å². The Kier molecular flexibility index (Phi) is 4.06. The lowest BCUT2D eigenvalue weighted by Crippen LogP contribution is -2.35. The molecular formula is C13H14N4O5. The minimum absolute atomic E-state index is 0.00690. The Morgan fingerprint density at radius 2 is 2.14 bits per heavy atom. The number of aliphatic carboxylic acids is 1. The Labute approximate surface area is 124 Å². The van der Waals surface area contributed by atoms with Crippen molar-refractivity contribution in [2.45, 2.75) is 19.9 Å². The lowest BCUT2D eigenvalue weighted by Gasteiger charge is -2.18. The zero-order chi connectivity index (χ0) is 16.4. The summed E-state index contributed by atoms with van der Waals surface area (Å²) in [6, 6.07) is 2.79. The number of carboxylic acids is 1. The number of nitro groups is 1. The van der Waals surface area contributed by atoms with E-state index in [1.165, 1.54) is 12.1 Å². The number of carboxylic acid groups (broad SMARTS) is 1. The van der Waals surface area contributed by atoms with Crippen LogP contribution >= 0.6 is 0 Å². The Bertz CT molecular complexity index is 799. The maximum absolute atomic E-state index is 12.0. The first kappa shape index (κ1) is 15.4. The first-order valence-electron chi connectivity index (χ1n) is 6.47. The van der Waals surface area contributed by atoms with Crippen LogP contribution in [-0.4, -0.2) is 32.0 Å². The normalized spacial score (nSPS) is 12.3. The summed E-state index contributed by atoms with van der Waals surface area (Å²) in [4.78, 5) is 39.7. The van der Waals surface area contributed by atoms with E-state index in [0.717, 1.165) is 6.07 Å².